The maximum Gasteiger partial charge on any atom is 0.573 e. The predicted octanol–water partition coefficient (Wildman–Crippen LogP) is 3.95. The number of likely N-dealkylation sites (N-methyl/N-ethyl adjacent to an activating group) is 1. The standard InChI is InChI=1S/C24H27F3N6O3S.CH2O2/c1-33(2)21-13-17(16-4-3-5-18(12-16)36-24(25,26)27)6-8-20(21)31-22-9-7-19(14-29-22)37(34,35)32-23-10-11-28-15-30-23;2-1-3/h3-5,7,9-12,14-15,17,20-21H,6,8,13H2,1-2H3,(H,29,31)(H,28,30,32);1H,(H,2,3). The van der Waals surface area contributed by atoms with Gasteiger partial charge in [0.2, 0.25) is 0 Å². The van der Waals surface area contributed by atoms with Gasteiger partial charge in [0.05, 0.1) is 0 Å². The highest BCUT2D eigenvalue weighted by Crippen LogP contribution is 2.37. The maximum absolute atomic E-state index is 12.6. The summed E-state index contributed by atoms with van der Waals surface area (Å²) in [6.45, 7) is -0.250. The maximum atomic E-state index is 12.6. The van der Waals surface area contributed by atoms with Gasteiger partial charge in [-0.25, -0.2) is 23.4 Å². The molecule has 40 heavy (non-hydrogen) atoms. The van der Waals surface area contributed by atoms with Crippen LogP contribution in [0, 0.1) is 0 Å². The Labute approximate surface area is 229 Å². The summed E-state index contributed by atoms with van der Waals surface area (Å²) in [5, 5.41) is 10.3. The fourth-order valence-corrected chi connectivity index (χ4v) is 5.47. The van der Waals surface area contributed by atoms with E-state index >= 15 is 0 Å². The normalized spacial score (nSPS) is 19.2. The molecule has 1 aliphatic carbocycles. The molecule has 3 aromatic rings. The largest absolute Gasteiger partial charge is 0.573 e. The van der Waals surface area contributed by atoms with Gasteiger partial charge in [-0.15, -0.1) is 13.2 Å². The Bertz CT molecular complexity index is 1350. The third-order valence-corrected chi connectivity index (χ3v) is 7.58. The molecular weight excluding hydrogens is 553 g/mol. The average molecular weight is 583 g/mol. The Kier molecular flexibility index (Phi) is 10.2. The molecule has 15 heteroatoms. The topological polar surface area (TPSA) is 147 Å². The summed E-state index contributed by atoms with van der Waals surface area (Å²) in [6.07, 6.45) is 1.43. The first-order chi connectivity index (χ1) is 18.9. The van der Waals surface area contributed by atoms with Gasteiger partial charge in [0, 0.05) is 24.5 Å². The van der Waals surface area contributed by atoms with Crippen LogP contribution in [0.5, 0.6) is 5.75 Å². The number of halogens is 3. The number of ether oxygens (including phenoxy) is 1. The van der Waals surface area contributed by atoms with Gasteiger partial charge < -0.3 is 20.1 Å². The number of anilines is 2. The van der Waals surface area contributed by atoms with Crippen molar-refractivity contribution in [3.63, 3.8) is 0 Å². The zero-order valence-electron chi connectivity index (χ0n) is 21.6. The van der Waals surface area contributed by atoms with Crippen LogP contribution in [0.15, 0.2) is 66.1 Å². The second-order valence-electron chi connectivity index (χ2n) is 9.10. The average Bonchev–Trinajstić information content (AvgIpc) is 2.89. The van der Waals surface area contributed by atoms with Crippen molar-refractivity contribution in [1.82, 2.24) is 19.9 Å². The van der Waals surface area contributed by atoms with Crippen LogP contribution in [-0.4, -0.2) is 72.4 Å². The molecule has 11 nitrogen and oxygen atoms in total. The number of nitrogens with zero attached hydrogens (tertiary/aromatic N) is 4. The Morgan fingerprint density at radius 3 is 2.45 bits per heavy atom. The van der Waals surface area contributed by atoms with Gasteiger partial charge in [0.15, 0.2) is 0 Å². The number of benzene rings is 1. The summed E-state index contributed by atoms with van der Waals surface area (Å²) < 4.78 is 69.6. The van der Waals surface area contributed by atoms with Gasteiger partial charge in [-0.3, -0.25) is 9.52 Å². The lowest BCUT2D eigenvalue weighted by Crippen LogP contribution is -2.47. The first-order valence-corrected chi connectivity index (χ1v) is 13.5. The minimum absolute atomic E-state index is 0.00881. The van der Waals surface area contributed by atoms with Crippen molar-refractivity contribution >= 4 is 28.1 Å². The van der Waals surface area contributed by atoms with Gasteiger partial charge in [0.25, 0.3) is 16.5 Å². The Balaban J connectivity index is 0.00000141. The van der Waals surface area contributed by atoms with Gasteiger partial charge in [-0.05, 0) is 75.2 Å². The van der Waals surface area contributed by atoms with Crippen molar-refractivity contribution in [2.45, 2.75) is 48.5 Å². The van der Waals surface area contributed by atoms with Crippen molar-refractivity contribution in [3.05, 3.63) is 66.7 Å². The fraction of sp³-hybridized carbons (Fsp3) is 0.360. The molecule has 1 aromatic carbocycles. The van der Waals surface area contributed by atoms with Crippen LogP contribution in [-0.2, 0) is 14.8 Å². The van der Waals surface area contributed by atoms with Crippen molar-refractivity contribution in [1.29, 1.82) is 0 Å². The number of sulfonamides is 1. The second-order valence-corrected chi connectivity index (χ2v) is 10.8. The van der Waals surface area contributed by atoms with Crippen LogP contribution in [0.3, 0.4) is 0 Å². The van der Waals surface area contributed by atoms with Crippen molar-refractivity contribution in [2.75, 3.05) is 24.1 Å². The zero-order chi connectivity index (χ0) is 29.3. The van der Waals surface area contributed by atoms with E-state index in [-0.39, 0.29) is 40.9 Å². The van der Waals surface area contributed by atoms with E-state index in [1.807, 2.05) is 20.2 Å². The molecule has 216 valence electrons. The lowest BCUT2D eigenvalue weighted by Gasteiger charge is -2.40. The van der Waals surface area contributed by atoms with E-state index in [1.54, 1.807) is 12.1 Å². The molecule has 3 unspecified atom stereocenters. The highest BCUT2D eigenvalue weighted by molar-refractivity contribution is 7.92. The lowest BCUT2D eigenvalue weighted by molar-refractivity contribution is -0.274. The number of alkyl halides is 3. The molecule has 4 rings (SSSR count). The van der Waals surface area contributed by atoms with Crippen LogP contribution < -0.4 is 14.8 Å². The fourth-order valence-electron chi connectivity index (χ4n) is 4.52. The van der Waals surface area contributed by atoms with Crippen LogP contribution in [0.4, 0.5) is 24.8 Å². The van der Waals surface area contributed by atoms with E-state index in [9.17, 15) is 21.6 Å². The first kappa shape index (κ1) is 30.6. The second kappa shape index (κ2) is 13.4. The summed E-state index contributed by atoms with van der Waals surface area (Å²) in [5.74, 6) is 0.519. The van der Waals surface area contributed by atoms with Crippen molar-refractivity contribution < 1.29 is 36.2 Å². The Morgan fingerprint density at radius 2 is 1.85 bits per heavy atom. The third kappa shape index (κ3) is 8.77. The molecule has 0 spiro atoms. The molecule has 1 fully saturated rings. The van der Waals surface area contributed by atoms with Crippen LogP contribution >= 0.6 is 0 Å². The molecule has 2 heterocycles. The minimum atomic E-state index is -4.74. The smallest absolute Gasteiger partial charge is 0.483 e. The van der Waals surface area contributed by atoms with E-state index in [0.717, 1.165) is 24.8 Å². The molecule has 1 saturated carbocycles. The number of nitrogens with one attached hydrogen (secondary N) is 2. The van der Waals surface area contributed by atoms with Gasteiger partial charge in [-0.1, -0.05) is 12.1 Å². The van der Waals surface area contributed by atoms with Gasteiger partial charge in [-0.2, -0.15) is 0 Å². The molecule has 3 atom stereocenters. The van der Waals surface area contributed by atoms with Crippen LogP contribution in [0.1, 0.15) is 30.7 Å². The number of rotatable bonds is 8. The monoisotopic (exact) mass is 582 g/mol. The third-order valence-electron chi connectivity index (χ3n) is 6.24. The van der Waals surface area contributed by atoms with E-state index in [2.05, 4.69) is 34.6 Å². The number of pyridine rings is 1. The van der Waals surface area contributed by atoms with Crippen LogP contribution in [0.2, 0.25) is 0 Å². The molecule has 3 N–H and O–H groups in total. The van der Waals surface area contributed by atoms with Gasteiger partial charge >= 0.3 is 6.36 Å². The van der Waals surface area contributed by atoms with Gasteiger partial charge in [0.1, 0.15) is 28.6 Å². The highest BCUT2D eigenvalue weighted by atomic mass is 32.2. The summed E-state index contributed by atoms with van der Waals surface area (Å²) in [5.41, 5.74) is 0.802. The number of hydrogen-bond acceptors (Lipinski definition) is 9. The van der Waals surface area contributed by atoms with Crippen LogP contribution in [0.25, 0.3) is 0 Å². The molecule has 2 aromatic heterocycles. The zero-order valence-corrected chi connectivity index (χ0v) is 22.4. The predicted molar refractivity (Wildman–Crippen MR) is 140 cm³/mol. The molecular formula is C25H29F3N6O5S. The molecule has 0 saturated heterocycles. The number of hydrogen-bond donors (Lipinski definition) is 3. The summed E-state index contributed by atoms with van der Waals surface area (Å²) in [6, 6.07) is 10.7. The molecule has 0 amide bonds. The van der Waals surface area contributed by atoms with E-state index in [4.69, 9.17) is 9.90 Å². The summed E-state index contributed by atoms with van der Waals surface area (Å²) in [7, 11) is 0.0426. The Hall–Kier alpha value is -3.98. The summed E-state index contributed by atoms with van der Waals surface area (Å²) >= 11 is 0. The first-order valence-electron chi connectivity index (χ1n) is 12.0. The summed E-state index contributed by atoms with van der Waals surface area (Å²) in [4.78, 5) is 22.3. The SMILES string of the molecule is CN(C)C1CC(c2cccc(OC(F)(F)F)c2)CCC1Nc1ccc(S(=O)(=O)Nc2ccncn2)cn1.O=CO. The van der Waals surface area contributed by atoms with Crippen molar-refractivity contribution in [3.8, 4) is 5.75 Å². The molecule has 1 aliphatic rings. The van der Waals surface area contributed by atoms with E-state index in [0.29, 0.717) is 5.82 Å². The minimum Gasteiger partial charge on any atom is -0.483 e. The molecule has 0 radical (unpaired) electrons. The number of carbonyl (C=O) groups is 1. The number of carboxylic acid groups (broad SMARTS) is 1. The molecule has 0 bridgehead atoms. The lowest BCUT2D eigenvalue weighted by atomic mass is 9.78. The van der Waals surface area contributed by atoms with Crippen molar-refractivity contribution in [2.24, 2.45) is 0 Å². The Morgan fingerprint density at radius 1 is 1.10 bits per heavy atom. The quantitative estimate of drug-likeness (QED) is 0.334. The van der Waals surface area contributed by atoms with E-state index < -0.39 is 16.4 Å². The number of aromatic nitrogens is 3. The van der Waals surface area contributed by atoms with E-state index in [1.165, 1.54) is 43.0 Å². The molecule has 0 aliphatic heterocycles. The highest BCUT2D eigenvalue weighted by Gasteiger charge is 2.34.